The van der Waals surface area contributed by atoms with Gasteiger partial charge in [0.05, 0.1) is 41.8 Å². The summed E-state index contributed by atoms with van der Waals surface area (Å²) in [5.74, 6) is -3.78. The predicted molar refractivity (Wildman–Crippen MR) is 151 cm³/mol. The number of nitro benzene ring substituents is 1. The standard InChI is InChI=1S/C29H31BrN2O8/c1-2-16(10-17-11-19(30)7-9-24(17)35)6-8-25(36)26-18(14-33)12-22-27(23(26)15-34)29(38)31(28(22)37)20-4-3-5-21(13-20)32(39)40/h3-5,7,9-11,13,22-23,25,27,33-36H,2,6,8,12,14-15H2,1H3/b16-10+/t22-,23+,25-,27-/m1/s1. The van der Waals surface area contributed by atoms with Gasteiger partial charge in [0.1, 0.15) is 5.75 Å². The normalized spacial score (nSPS) is 22.1. The first-order valence-electron chi connectivity index (χ1n) is 13.0. The Hall–Kier alpha value is -3.38. The predicted octanol–water partition coefficient (Wildman–Crippen LogP) is 4.10. The van der Waals surface area contributed by atoms with Crippen molar-refractivity contribution in [3.8, 4) is 5.75 Å². The number of hydrogen-bond donors (Lipinski definition) is 4. The monoisotopic (exact) mass is 614 g/mol. The number of halogens is 1. The molecule has 11 heteroatoms. The Morgan fingerprint density at radius 3 is 2.60 bits per heavy atom. The molecule has 0 saturated carbocycles. The van der Waals surface area contributed by atoms with Crippen LogP contribution in [0.5, 0.6) is 5.75 Å². The number of nitrogens with zero attached hydrogens (tertiary/aromatic N) is 2. The molecule has 1 aliphatic carbocycles. The Kier molecular flexibility index (Phi) is 9.19. The van der Waals surface area contributed by atoms with Gasteiger partial charge in [-0.2, -0.15) is 0 Å². The SMILES string of the molecule is CC/C(=C\c1cc(Br)ccc1O)CC[C@@H](O)C1=C(CO)C[C@H]2C(=O)N(c3cccc([N+](=O)[O-])c3)C(=O)[C@H]2[C@H]1CO. The van der Waals surface area contributed by atoms with Crippen molar-refractivity contribution in [3.63, 3.8) is 0 Å². The molecular formula is C29H31BrN2O8. The van der Waals surface area contributed by atoms with Crippen LogP contribution in [-0.4, -0.2) is 56.5 Å². The minimum atomic E-state index is -1.10. The molecule has 212 valence electrons. The van der Waals surface area contributed by atoms with Gasteiger partial charge in [-0.25, -0.2) is 4.90 Å². The van der Waals surface area contributed by atoms with Crippen LogP contribution in [0.3, 0.4) is 0 Å². The summed E-state index contributed by atoms with van der Waals surface area (Å²) in [4.78, 5) is 38.5. The highest BCUT2D eigenvalue weighted by molar-refractivity contribution is 9.10. The third-order valence-electron chi connectivity index (χ3n) is 7.77. The van der Waals surface area contributed by atoms with E-state index in [9.17, 15) is 40.1 Å². The average molecular weight is 615 g/mol. The lowest BCUT2D eigenvalue weighted by Gasteiger charge is -2.36. The van der Waals surface area contributed by atoms with Crippen molar-refractivity contribution in [2.24, 2.45) is 17.8 Å². The first-order valence-corrected chi connectivity index (χ1v) is 13.8. The number of aliphatic hydroxyl groups excluding tert-OH is 3. The number of nitro groups is 1. The number of carbonyl (C=O) groups is 2. The van der Waals surface area contributed by atoms with E-state index < -0.39 is 53.8 Å². The zero-order valence-electron chi connectivity index (χ0n) is 21.9. The van der Waals surface area contributed by atoms with E-state index in [-0.39, 0.29) is 30.0 Å². The number of rotatable bonds is 10. The summed E-state index contributed by atoms with van der Waals surface area (Å²) in [5, 5.41) is 53.3. The number of anilines is 1. The van der Waals surface area contributed by atoms with Gasteiger partial charge in [0, 0.05) is 28.1 Å². The highest BCUT2D eigenvalue weighted by Crippen LogP contribution is 2.47. The summed E-state index contributed by atoms with van der Waals surface area (Å²) in [6.07, 6.45) is 2.13. The maximum Gasteiger partial charge on any atom is 0.271 e. The molecule has 2 aromatic rings. The Morgan fingerprint density at radius 1 is 1.20 bits per heavy atom. The minimum Gasteiger partial charge on any atom is -0.507 e. The van der Waals surface area contributed by atoms with Gasteiger partial charge in [0.2, 0.25) is 11.8 Å². The molecular weight excluding hydrogens is 584 g/mol. The molecule has 1 fully saturated rings. The summed E-state index contributed by atoms with van der Waals surface area (Å²) >= 11 is 3.39. The van der Waals surface area contributed by atoms with Gasteiger partial charge in [-0.15, -0.1) is 0 Å². The molecule has 2 amide bonds. The zero-order chi connectivity index (χ0) is 29.1. The smallest absolute Gasteiger partial charge is 0.271 e. The van der Waals surface area contributed by atoms with Crippen LogP contribution >= 0.6 is 15.9 Å². The fourth-order valence-electron chi connectivity index (χ4n) is 5.80. The van der Waals surface area contributed by atoms with Crippen LogP contribution in [0.4, 0.5) is 11.4 Å². The largest absolute Gasteiger partial charge is 0.507 e. The molecule has 4 N–H and O–H groups in total. The Morgan fingerprint density at radius 2 is 1.95 bits per heavy atom. The minimum absolute atomic E-state index is 0.0302. The van der Waals surface area contributed by atoms with Crippen molar-refractivity contribution >= 4 is 45.2 Å². The third-order valence-corrected chi connectivity index (χ3v) is 8.26. The van der Waals surface area contributed by atoms with Crippen LogP contribution in [0.15, 0.2) is 63.7 Å². The van der Waals surface area contributed by atoms with Crippen LogP contribution in [0.1, 0.15) is 38.2 Å². The lowest BCUT2D eigenvalue weighted by molar-refractivity contribution is -0.384. The Bertz CT molecular complexity index is 1390. The molecule has 0 spiro atoms. The fourth-order valence-corrected chi connectivity index (χ4v) is 6.17. The van der Waals surface area contributed by atoms with E-state index in [1.165, 1.54) is 18.2 Å². The first-order chi connectivity index (χ1) is 19.1. The number of phenolic OH excluding ortho intramolecular Hbond substituents is 1. The number of allylic oxidation sites excluding steroid dienone is 1. The number of hydrogen-bond acceptors (Lipinski definition) is 8. The number of carbonyl (C=O) groups excluding carboxylic acids is 2. The van der Waals surface area contributed by atoms with Gasteiger partial charge in [-0.1, -0.05) is 40.6 Å². The van der Waals surface area contributed by atoms with Crippen molar-refractivity contribution in [2.75, 3.05) is 18.1 Å². The topological polar surface area (TPSA) is 161 Å². The maximum absolute atomic E-state index is 13.6. The van der Waals surface area contributed by atoms with E-state index in [0.717, 1.165) is 21.0 Å². The van der Waals surface area contributed by atoms with Crippen LogP contribution in [0.25, 0.3) is 6.08 Å². The second-order valence-corrected chi connectivity index (χ2v) is 11.0. The number of benzene rings is 2. The number of aliphatic hydroxyl groups is 3. The van der Waals surface area contributed by atoms with E-state index in [2.05, 4.69) is 15.9 Å². The highest BCUT2D eigenvalue weighted by atomic mass is 79.9. The average Bonchev–Trinajstić information content (AvgIpc) is 3.20. The van der Waals surface area contributed by atoms with Crippen LogP contribution in [-0.2, 0) is 9.59 Å². The molecule has 0 unspecified atom stereocenters. The van der Waals surface area contributed by atoms with Crippen LogP contribution < -0.4 is 4.90 Å². The highest BCUT2D eigenvalue weighted by Gasteiger charge is 2.55. The Balaban J connectivity index is 1.60. The molecule has 4 atom stereocenters. The maximum atomic E-state index is 13.6. The van der Waals surface area contributed by atoms with Gasteiger partial charge < -0.3 is 20.4 Å². The summed E-state index contributed by atoms with van der Waals surface area (Å²) in [7, 11) is 0. The van der Waals surface area contributed by atoms with E-state index >= 15 is 0 Å². The molecule has 2 aromatic carbocycles. The van der Waals surface area contributed by atoms with Gasteiger partial charge in [-0.05, 0) is 61.1 Å². The summed E-state index contributed by atoms with van der Waals surface area (Å²) in [6.45, 7) is 0.979. The van der Waals surface area contributed by atoms with Crippen LogP contribution in [0.2, 0.25) is 0 Å². The summed E-state index contributed by atoms with van der Waals surface area (Å²) in [6, 6.07) is 10.3. The molecule has 40 heavy (non-hydrogen) atoms. The van der Waals surface area contributed by atoms with Crippen molar-refractivity contribution in [1.29, 1.82) is 0 Å². The van der Waals surface area contributed by atoms with E-state index in [1.54, 1.807) is 18.2 Å². The van der Waals surface area contributed by atoms with E-state index in [1.807, 2.05) is 13.0 Å². The second kappa shape index (κ2) is 12.4. The molecule has 1 heterocycles. The zero-order valence-corrected chi connectivity index (χ0v) is 23.5. The Labute approximate surface area is 239 Å². The van der Waals surface area contributed by atoms with Crippen molar-refractivity contribution in [3.05, 3.63) is 79.3 Å². The number of amides is 2. The number of aromatic hydroxyl groups is 1. The molecule has 0 aromatic heterocycles. The molecule has 4 rings (SSSR count). The summed E-state index contributed by atoms with van der Waals surface area (Å²) < 4.78 is 0.808. The molecule has 0 radical (unpaired) electrons. The van der Waals surface area contributed by atoms with Crippen molar-refractivity contribution in [1.82, 2.24) is 0 Å². The summed E-state index contributed by atoms with van der Waals surface area (Å²) in [5.41, 5.74) is 2.14. The molecule has 2 aliphatic rings. The van der Waals surface area contributed by atoms with Crippen molar-refractivity contribution < 1.29 is 34.9 Å². The lowest BCUT2D eigenvalue weighted by atomic mass is 9.68. The van der Waals surface area contributed by atoms with Crippen molar-refractivity contribution in [2.45, 2.75) is 38.7 Å². The van der Waals surface area contributed by atoms with Gasteiger partial charge in [0.15, 0.2) is 0 Å². The quantitative estimate of drug-likeness (QED) is 0.134. The molecule has 1 saturated heterocycles. The number of imide groups is 1. The number of phenols is 1. The second-order valence-electron chi connectivity index (χ2n) is 10.0. The van der Waals surface area contributed by atoms with E-state index in [4.69, 9.17) is 0 Å². The van der Waals surface area contributed by atoms with Gasteiger partial charge in [-0.3, -0.25) is 19.7 Å². The molecule has 10 nitrogen and oxygen atoms in total. The fraction of sp³-hybridized carbons (Fsp3) is 0.379. The van der Waals surface area contributed by atoms with E-state index in [0.29, 0.717) is 29.6 Å². The number of non-ortho nitro benzene ring substituents is 1. The van der Waals surface area contributed by atoms with Gasteiger partial charge in [0.25, 0.3) is 5.69 Å². The first kappa shape index (κ1) is 29.6. The third kappa shape index (κ3) is 5.73. The van der Waals surface area contributed by atoms with Gasteiger partial charge >= 0.3 is 0 Å². The lowest BCUT2D eigenvalue weighted by Crippen LogP contribution is -2.39. The molecule has 0 bridgehead atoms. The molecule has 1 aliphatic heterocycles. The number of fused-ring (bicyclic) bond motifs is 1. The van der Waals surface area contributed by atoms with Crippen LogP contribution in [0, 0.1) is 27.9 Å².